The van der Waals surface area contributed by atoms with Crippen LogP contribution in [0, 0.1) is 0 Å². The van der Waals surface area contributed by atoms with Crippen LogP contribution in [0.5, 0.6) is 0 Å². The number of amides is 1. The Morgan fingerprint density at radius 3 is 2.38 bits per heavy atom. The van der Waals surface area contributed by atoms with Crippen molar-refractivity contribution in [1.82, 2.24) is 24.8 Å². The summed E-state index contributed by atoms with van der Waals surface area (Å²) in [7, 11) is 5.82. The van der Waals surface area contributed by atoms with Gasteiger partial charge in [-0.1, -0.05) is 6.42 Å². The molecule has 34 heavy (non-hydrogen) atoms. The minimum atomic E-state index is -0.254. The van der Waals surface area contributed by atoms with E-state index >= 15 is 0 Å². The number of fused-ring (bicyclic) bond motifs is 1. The maximum absolute atomic E-state index is 13.0. The van der Waals surface area contributed by atoms with Crippen LogP contribution >= 0.6 is 0 Å². The van der Waals surface area contributed by atoms with E-state index in [1.54, 1.807) is 4.90 Å². The van der Waals surface area contributed by atoms with E-state index in [-0.39, 0.29) is 11.9 Å². The summed E-state index contributed by atoms with van der Waals surface area (Å²) in [5.41, 5.74) is 3.23. The Bertz CT molecular complexity index is 996. The number of nitrogens with zero attached hydrogens (tertiary/aromatic N) is 7. The zero-order chi connectivity index (χ0) is 23.7. The quantitative estimate of drug-likeness (QED) is 0.722. The van der Waals surface area contributed by atoms with Gasteiger partial charge >= 0.3 is 0 Å². The van der Waals surface area contributed by atoms with Gasteiger partial charge in [0, 0.05) is 82.9 Å². The molecule has 1 amide bonds. The van der Waals surface area contributed by atoms with Crippen LogP contribution < -0.4 is 15.2 Å². The molecule has 1 unspecified atom stereocenters. The third kappa shape index (κ3) is 4.67. The van der Waals surface area contributed by atoms with Crippen LogP contribution in [0.1, 0.15) is 24.8 Å². The van der Waals surface area contributed by atoms with Crippen LogP contribution in [0.3, 0.4) is 0 Å². The fraction of sp³-hybridized carbons (Fsp3) is 0.560. The first kappa shape index (κ1) is 22.9. The van der Waals surface area contributed by atoms with E-state index in [2.05, 4.69) is 61.4 Å². The highest BCUT2D eigenvalue weighted by atomic mass is 16.2. The Morgan fingerprint density at radius 2 is 1.71 bits per heavy atom. The van der Waals surface area contributed by atoms with Gasteiger partial charge in [-0.05, 0) is 44.2 Å². The summed E-state index contributed by atoms with van der Waals surface area (Å²) in [6.45, 7) is 6.20. The predicted octanol–water partition coefficient (Wildman–Crippen LogP) is 2.19. The molecule has 2 fully saturated rings. The summed E-state index contributed by atoms with van der Waals surface area (Å²) in [5, 5.41) is 7.82. The molecular formula is C25H36N8O. The summed E-state index contributed by atoms with van der Waals surface area (Å²) in [6, 6.07) is 8.24. The fourth-order valence-electron chi connectivity index (χ4n) is 5.11. The van der Waals surface area contributed by atoms with E-state index in [0.717, 1.165) is 69.2 Å². The zero-order valence-electron chi connectivity index (χ0n) is 20.6. The van der Waals surface area contributed by atoms with Crippen molar-refractivity contribution in [1.29, 1.82) is 0 Å². The lowest BCUT2D eigenvalue weighted by molar-refractivity contribution is -0.130. The summed E-state index contributed by atoms with van der Waals surface area (Å²) in [4.78, 5) is 28.9. The first-order valence-corrected chi connectivity index (χ1v) is 12.4. The summed E-state index contributed by atoms with van der Waals surface area (Å²) < 4.78 is 0. The van der Waals surface area contributed by atoms with Crippen molar-refractivity contribution in [2.24, 2.45) is 0 Å². The van der Waals surface area contributed by atoms with Gasteiger partial charge in [-0.25, -0.2) is 9.99 Å². The SMILES string of the molecule is CN1CCN(c2ccc(Nc3ncc4c(n3)N(N3CCCCC3)C(C(=O)N(C)C)C4)cc2)CC1. The number of piperidine rings is 1. The van der Waals surface area contributed by atoms with Gasteiger partial charge in [0.2, 0.25) is 11.9 Å². The van der Waals surface area contributed by atoms with Crippen molar-refractivity contribution >= 4 is 29.0 Å². The van der Waals surface area contributed by atoms with Gasteiger partial charge in [0.05, 0.1) is 0 Å². The fourth-order valence-corrected chi connectivity index (χ4v) is 5.11. The monoisotopic (exact) mass is 464 g/mol. The maximum atomic E-state index is 13.0. The number of aromatic nitrogens is 2. The molecule has 1 aromatic carbocycles. The maximum Gasteiger partial charge on any atom is 0.246 e. The largest absolute Gasteiger partial charge is 0.369 e. The first-order chi connectivity index (χ1) is 16.5. The van der Waals surface area contributed by atoms with E-state index in [0.29, 0.717) is 12.4 Å². The minimum Gasteiger partial charge on any atom is -0.369 e. The topological polar surface area (TPSA) is 71.1 Å². The molecule has 3 aliphatic heterocycles. The molecule has 2 saturated heterocycles. The number of hydrazine groups is 1. The number of anilines is 4. The second kappa shape index (κ2) is 9.76. The second-order valence-corrected chi connectivity index (χ2v) is 9.82. The van der Waals surface area contributed by atoms with Crippen molar-refractivity contribution in [2.75, 3.05) is 75.6 Å². The van der Waals surface area contributed by atoms with E-state index in [1.165, 1.54) is 12.1 Å². The molecule has 9 heteroatoms. The van der Waals surface area contributed by atoms with Crippen molar-refractivity contribution in [3.05, 3.63) is 36.0 Å². The molecule has 3 aliphatic rings. The van der Waals surface area contributed by atoms with Crippen LogP contribution in [0.4, 0.5) is 23.1 Å². The summed E-state index contributed by atoms with van der Waals surface area (Å²) >= 11 is 0. The van der Waals surface area contributed by atoms with E-state index in [4.69, 9.17) is 4.98 Å². The van der Waals surface area contributed by atoms with Gasteiger partial charge in [0.1, 0.15) is 6.04 Å². The highest BCUT2D eigenvalue weighted by molar-refractivity contribution is 5.87. The molecule has 0 aliphatic carbocycles. The smallest absolute Gasteiger partial charge is 0.246 e. The van der Waals surface area contributed by atoms with Crippen LogP contribution in [0.15, 0.2) is 30.5 Å². The first-order valence-electron chi connectivity index (χ1n) is 12.4. The predicted molar refractivity (Wildman–Crippen MR) is 136 cm³/mol. The van der Waals surface area contributed by atoms with Gasteiger partial charge in [0.15, 0.2) is 5.82 Å². The molecule has 0 bridgehead atoms. The third-order valence-electron chi connectivity index (χ3n) is 7.12. The molecule has 5 rings (SSSR count). The average Bonchev–Trinajstić information content (AvgIpc) is 3.24. The standard InChI is InChI=1S/C25H36N8O/c1-29(2)24(34)22-17-19-18-26-25(28-23(19)33(22)32-11-5-4-6-12-32)27-20-7-9-21(10-8-20)31-15-13-30(3)14-16-31/h7-10,18,22H,4-6,11-17H2,1-3H3,(H,26,27,28). The molecule has 9 nitrogen and oxygen atoms in total. The van der Waals surface area contributed by atoms with Gasteiger partial charge < -0.3 is 20.0 Å². The zero-order valence-corrected chi connectivity index (χ0v) is 20.6. The molecule has 1 N–H and O–H groups in total. The normalized spacial score (nSPS) is 21.4. The van der Waals surface area contributed by atoms with Crippen molar-refractivity contribution in [3.63, 3.8) is 0 Å². The number of piperazine rings is 1. The Balaban J connectivity index is 1.34. The summed E-state index contributed by atoms with van der Waals surface area (Å²) in [6.07, 6.45) is 6.05. The van der Waals surface area contributed by atoms with Gasteiger partial charge in [-0.15, -0.1) is 0 Å². The number of carbonyl (C=O) groups excluding carboxylic acids is 1. The molecule has 1 atom stereocenters. The highest BCUT2D eigenvalue weighted by Crippen LogP contribution is 2.34. The summed E-state index contributed by atoms with van der Waals surface area (Å²) in [5.74, 6) is 1.53. The van der Waals surface area contributed by atoms with Gasteiger partial charge in [-0.3, -0.25) is 9.80 Å². The molecule has 1 aromatic heterocycles. The number of benzene rings is 1. The van der Waals surface area contributed by atoms with Crippen LogP contribution in [0.2, 0.25) is 0 Å². The Labute approximate surface area is 202 Å². The number of hydrogen-bond acceptors (Lipinski definition) is 8. The Hall–Kier alpha value is -2.91. The van der Waals surface area contributed by atoms with Crippen molar-refractivity contribution < 1.29 is 4.79 Å². The van der Waals surface area contributed by atoms with Crippen LogP contribution in [-0.2, 0) is 11.2 Å². The van der Waals surface area contributed by atoms with Crippen molar-refractivity contribution in [3.8, 4) is 0 Å². The lowest BCUT2D eigenvalue weighted by Crippen LogP contribution is -2.54. The number of carbonyl (C=O) groups is 1. The third-order valence-corrected chi connectivity index (χ3v) is 7.12. The highest BCUT2D eigenvalue weighted by Gasteiger charge is 2.40. The van der Waals surface area contributed by atoms with E-state index < -0.39 is 0 Å². The Kier molecular flexibility index (Phi) is 6.56. The number of nitrogens with one attached hydrogen (secondary N) is 1. The Morgan fingerprint density at radius 1 is 1.00 bits per heavy atom. The lowest BCUT2D eigenvalue weighted by atomic mass is 10.1. The molecule has 182 valence electrons. The molecule has 0 saturated carbocycles. The lowest BCUT2D eigenvalue weighted by Gasteiger charge is -2.39. The number of likely N-dealkylation sites (N-methyl/N-ethyl adjacent to an activating group) is 2. The molecule has 4 heterocycles. The van der Waals surface area contributed by atoms with E-state index in [1.807, 2.05) is 20.3 Å². The van der Waals surface area contributed by atoms with E-state index in [9.17, 15) is 4.79 Å². The van der Waals surface area contributed by atoms with Crippen molar-refractivity contribution in [2.45, 2.75) is 31.7 Å². The van der Waals surface area contributed by atoms with Crippen LogP contribution in [0.25, 0.3) is 0 Å². The average molecular weight is 465 g/mol. The molecule has 0 radical (unpaired) electrons. The minimum absolute atomic E-state index is 0.109. The number of rotatable bonds is 5. The van der Waals surface area contributed by atoms with Gasteiger partial charge in [-0.2, -0.15) is 4.98 Å². The molecular weight excluding hydrogens is 428 g/mol. The molecule has 0 spiro atoms. The van der Waals surface area contributed by atoms with Gasteiger partial charge in [0.25, 0.3) is 0 Å². The second-order valence-electron chi connectivity index (χ2n) is 9.82. The molecule has 2 aromatic rings. The number of hydrogen-bond donors (Lipinski definition) is 1. The van der Waals surface area contributed by atoms with Crippen LogP contribution in [-0.4, -0.2) is 97.1 Å².